The van der Waals surface area contributed by atoms with E-state index >= 15 is 0 Å². The summed E-state index contributed by atoms with van der Waals surface area (Å²) in [6, 6.07) is 7.80. The lowest BCUT2D eigenvalue weighted by Crippen LogP contribution is -1.74. The first kappa shape index (κ1) is 14.5. The lowest BCUT2D eigenvalue weighted by atomic mass is 10.2. The van der Waals surface area contributed by atoms with Gasteiger partial charge >= 0.3 is 23.2 Å². The molecule has 11 heteroatoms. The average Bonchev–Trinajstić information content (AvgIpc) is 2.23. The highest BCUT2D eigenvalue weighted by atomic mass is 31.3. The van der Waals surface area contributed by atoms with Crippen LogP contribution in [0.1, 0.15) is 5.56 Å². The number of hydrogen-bond donors (Lipinski definition) is 0. The highest BCUT2D eigenvalue weighted by Crippen LogP contribution is 2.81. The molecular weight excluding hydrogens is 326 g/mol. The number of rotatable bonds is 0. The van der Waals surface area contributed by atoms with Gasteiger partial charge in [0.1, 0.15) is 0 Å². The van der Waals surface area contributed by atoms with E-state index in [9.17, 15) is 21.0 Å². The van der Waals surface area contributed by atoms with Crippen molar-refractivity contribution in [1.29, 1.82) is 0 Å². The van der Waals surface area contributed by atoms with Crippen molar-refractivity contribution < 1.29 is 21.0 Å². The molecule has 1 aromatic rings. The third-order valence-corrected chi connectivity index (χ3v) is 7.52. The Kier molecular flexibility index (Phi) is 3.75. The van der Waals surface area contributed by atoms with E-state index in [1.165, 1.54) is 12.1 Å². The van der Waals surface area contributed by atoms with Gasteiger partial charge in [-0.25, -0.2) is 0 Å². The van der Waals surface area contributed by atoms with E-state index in [-0.39, 0.29) is 0 Å². The fourth-order valence-electron chi connectivity index (χ4n) is 1.17. The molecule has 1 aliphatic rings. The number of hydrogen-bond acceptors (Lipinski definition) is 3. The second kappa shape index (κ2) is 4.90. The van der Waals surface area contributed by atoms with Gasteiger partial charge in [-0.2, -0.15) is 4.20 Å². The molecule has 0 bridgehead atoms. The summed E-state index contributed by atoms with van der Waals surface area (Å²) >= 11 is 0. The lowest BCUT2D eigenvalue weighted by Gasteiger charge is -2.11. The molecule has 1 aromatic carbocycles. The molecule has 0 fully saturated rings. The van der Waals surface area contributed by atoms with Crippen molar-refractivity contribution in [2.45, 2.75) is 0 Å². The summed E-state index contributed by atoms with van der Waals surface area (Å²) in [4.78, 5) is 0. The monoisotopic (exact) mass is 331 g/mol. The van der Waals surface area contributed by atoms with Gasteiger partial charge in [-0.1, -0.05) is 24.1 Å². The van der Waals surface area contributed by atoms with Crippen LogP contribution >= 0.6 is 23.2 Å². The van der Waals surface area contributed by atoms with Crippen LogP contribution in [-0.4, -0.2) is 0 Å². The third kappa shape index (κ3) is 4.04. The molecule has 0 amide bonds. The van der Waals surface area contributed by atoms with Gasteiger partial charge < -0.3 is 0 Å². The molecule has 1 aliphatic heterocycles. The fourth-order valence-corrected chi connectivity index (χ4v) is 6.51. The summed E-state index contributed by atoms with van der Waals surface area (Å²) in [5.41, 5.74) is 2.02. The molecule has 1 heterocycles. The Bertz CT molecular complexity index is 713. The van der Waals surface area contributed by atoms with Gasteiger partial charge in [-0.15, -0.1) is 30.3 Å². The van der Waals surface area contributed by atoms with Crippen LogP contribution in [0.2, 0.25) is 0 Å². The first-order valence-corrected chi connectivity index (χ1v) is 9.22. The van der Waals surface area contributed by atoms with Crippen LogP contribution in [0.25, 0.3) is 0 Å². The van der Waals surface area contributed by atoms with E-state index in [0.717, 1.165) is 0 Å². The zero-order valence-electron chi connectivity index (χ0n) is 8.96. The molecule has 3 nitrogen and oxygen atoms in total. The van der Waals surface area contributed by atoms with Gasteiger partial charge in [-0.3, -0.25) is 0 Å². The van der Waals surface area contributed by atoms with Crippen molar-refractivity contribution in [3.05, 3.63) is 35.9 Å². The van der Waals surface area contributed by atoms with Gasteiger partial charge in [-0.05, 0) is 12.1 Å². The Morgan fingerprint density at radius 1 is 0.789 bits per heavy atom. The van der Waals surface area contributed by atoms with Crippen LogP contribution < -0.4 is 0 Å². The van der Waals surface area contributed by atoms with Crippen molar-refractivity contribution in [3.8, 4) is 11.6 Å². The molecule has 0 spiro atoms. The van der Waals surface area contributed by atoms with E-state index in [0.29, 0.717) is 5.56 Å². The molecule has 2 rings (SSSR count). The molecule has 0 aliphatic carbocycles. The van der Waals surface area contributed by atoms with Crippen LogP contribution in [0.15, 0.2) is 43.9 Å². The van der Waals surface area contributed by atoms with Crippen LogP contribution in [-0.2, 0) is 0 Å². The van der Waals surface area contributed by atoms with Crippen molar-refractivity contribution in [3.63, 3.8) is 0 Å². The number of nitrogens with zero attached hydrogens (tertiary/aromatic N) is 3. The third-order valence-electron chi connectivity index (χ3n) is 1.78. The Morgan fingerprint density at radius 2 is 1.37 bits per heavy atom. The molecule has 1 atom stereocenters. The van der Waals surface area contributed by atoms with Crippen LogP contribution in [0.4, 0.5) is 21.0 Å². The minimum Gasteiger partial charge on any atom is -0.168 e. The fraction of sp³-hybridized carbons (Fsp3) is 0. The Hall–Kier alpha value is -0.880. The first-order valence-electron chi connectivity index (χ1n) is 4.68. The van der Waals surface area contributed by atoms with Crippen molar-refractivity contribution in [1.82, 2.24) is 0 Å². The van der Waals surface area contributed by atoms with E-state index in [1.54, 1.807) is 23.9 Å². The first-order chi connectivity index (χ1) is 8.70. The maximum Gasteiger partial charge on any atom is 0.424 e. The molecular formula is C8H5F5N3P3. The molecule has 0 radical (unpaired) electrons. The Morgan fingerprint density at radius 3 is 1.95 bits per heavy atom. The van der Waals surface area contributed by atoms with Crippen molar-refractivity contribution in [2.75, 3.05) is 0 Å². The van der Waals surface area contributed by atoms with E-state index in [2.05, 4.69) is 15.0 Å². The molecule has 0 saturated heterocycles. The normalized spacial score (nSPS) is 27.0. The van der Waals surface area contributed by atoms with Gasteiger partial charge in [0, 0.05) is 11.2 Å². The predicted molar refractivity (Wildman–Crippen MR) is 66.9 cm³/mol. The molecule has 1 unspecified atom stereocenters. The standard InChI is InChI=1S/C8H5F5N3P3/c9-17(7-6-8-4-2-1-3-5-8)14-18(10,11)16-19(12,13)15-17/h1-5H. The Labute approximate surface area is 106 Å². The zero-order chi connectivity index (χ0) is 14.1. The molecule has 102 valence electrons. The zero-order valence-corrected chi connectivity index (χ0v) is 11.6. The van der Waals surface area contributed by atoms with Crippen LogP contribution in [0, 0.1) is 11.6 Å². The molecule has 19 heavy (non-hydrogen) atoms. The quantitative estimate of drug-likeness (QED) is 0.285. The highest BCUT2D eigenvalue weighted by Gasteiger charge is 2.38. The minimum absolute atomic E-state index is 0.302. The predicted octanol–water partition coefficient (Wildman–Crippen LogP) is 6.78. The Balaban J connectivity index is 2.52. The van der Waals surface area contributed by atoms with Crippen LogP contribution in [0.5, 0.6) is 0 Å². The van der Waals surface area contributed by atoms with Gasteiger partial charge in [0.05, 0.1) is 0 Å². The lowest BCUT2D eigenvalue weighted by molar-refractivity contribution is 0.698. The summed E-state index contributed by atoms with van der Waals surface area (Å²) in [6.45, 7) is 0. The van der Waals surface area contributed by atoms with Gasteiger partial charge in [0.15, 0.2) is 0 Å². The van der Waals surface area contributed by atoms with E-state index in [1.807, 2.05) is 4.52 Å². The summed E-state index contributed by atoms with van der Waals surface area (Å²) in [5.74, 6) is 2.19. The average molecular weight is 331 g/mol. The molecule has 0 aromatic heterocycles. The van der Waals surface area contributed by atoms with E-state index in [4.69, 9.17) is 0 Å². The largest absolute Gasteiger partial charge is 0.424 e. The SMILES string of the molecule is FP1(F)=NP(F)(F)=NP(F)(C#Cc2ccccc2)=N1. The summed E-state index contributed by atoms with van der Waals surface area (Å²) in [6.07, 6.45) is 0. The smallest absolute Gasteiger partial charge is 0.168 e. The van der Waals surface area contributed by atoms with Crippen molar-refractivity contribution >= 4 is 23.2 Å². The maximum absolute atomic E-state index is 13.9. The highest BCUT2D eigenvalue weighted by molar-refractivity contribution is 7.81. The number of benzene rings is 1. The van der Waals surface area contributed by atoms with E-state index < -0.39 is 23.2 Å². The molecule has 0 saturated carbocycles. The minimum atomic E-state index is -5.67. The topological polar surface area (TPSA) is 37.1 Å². The maximum atomic E-state index is 13.9. The van der Waals surface area contributed by atoms with Crippen molar-refractivity contribution in [2.24, 2.45) is 13.5 Å². The summed E-state index contributed by atoms with van der Waals surface area (Å²) < 4.78 is 72.3. The summed E-state index contributed by atoms with van der Waals surface area (Å²) in [7, 11) is -16.2. The van der Waals surface area contributed by atoms with Gasteiger partial charge in [0.2, 0.25) is 0 Å². The second-order valence-electron chi connectivity index (χ2n) is 3.31. The second-order valence-corrected chi connectivity index (χ2v) is 8.55. The molecule has 0 N–H and O–H groups in total. The summed E-state index contributed by atoms with van der Waals surface area (Å²) in [5, 5.41) is 0. The van der Waals surface area contributed by atoms with Gasteiger partial charge in [0.25, 0.3) is 0 Å². The van der Waals surface area contributed by atoms with Crippen LogP contribution in [0.3, 0.4) is 0 Å². The number of halogens is 5.